The van der Waals surface area contributed by atoms with Gasteiger partial charge in [0, 0.05) is 6.42 Å². The summed E-state index contributed by atoms with van der Waals surface area (Å²) >= 11 is 0. The highest BCUT2D eigenvalue weighted by atomic mass is 16.1. The average molecular weight is 172 g/mol. The molecule has 13 heavy (non-hydrogen) atoms. The molecule has 0 atom stereocenters. The lowest BCUT2D eigenvalue weighted by Gasteiger charge is -2.04. The van der Waals surface area contributed by atoms with Crippen molar-refractivity contribution in [2.24, 2.45) is 0 Å². The minimum absolute atomic E-state index is 0.159. The van der Waals surface area contributed by atoms with E-state index in [4.69, 9.17) is 0 Å². The molecule has 0 spiro atoms. The van der Waals surface area contributed by atoms with Gasteiger partial charge < -0.3 is 0 Å². The Hall–Kier alpha value is -1.31. The molecule has 66 valence electrons. The maximum atomic E-state index is 10.9. The SMILES string of the molecule is Bc1cccc(C(=C)CC(C)=O)c1. The van der Waals surface area contributed by atoms with Gasteiger partial charge in [-0.25, -0.2) is 0 Å². The van der Waals surface area contributed by atoms with Crippen LogP contribution >= 0.6 is 0 Å². The van der Waals surface area contributed by atoms with Gasteiger partial charge >= 0.3 is 0 Å². The molecule has 0 fully saturated rings. The van der Waals surface area contributed by atoms with Crippen LogP contribution in [0.1, 0.15) is 18.9 Å². The fourth-order valence-corrected chi connectivity index (χ4v) is 1.27. The van der Waals surface area contributed by atoms with Crippen LogP contribution < -0.4 is 5.46 Å². The number of hydrogen-bond donors (Lipinski definition) is 0. The molecule has 0 aliphatic carbocycles. The van der Waals surface area contributed by atoms with E-state index in [0.717, 1.165) is 11.1 Å². The van der Waals surface area contributed by atoms with Gasteiger partial charge in [0.15, 0.2) is 0 Å². The number of carbonyl (C=O) groups excluding carboxylic acids is 1. The van der Waals surface area contributed by atoms with Gasteiger partial charge in [0.1, 0.15) is 13.6 Å². The van der Waals surface area contributed by atoms with Crippen LogP contribution in [0, 0.1) is 0 Å². The zero-order valence-corrected chi connectivity index (χ0v) is 8.13. The van der Waals surface area contributed by atoms with Crippen molar-refractivity contribution in [3.8, 4) is 0 Å². The molecule has 0 N–H and O–H groups in total. The lowest BCUT2D eigenvalue weighted by atomic mass is 9.91. The molecule has 1 aromatic rings. The predicted molar refractivity (Wildman–Crippen MR) is 59.0 cm³/mol. The fraction of sp³-hybridized carbons (Fsp3) is 0.182. The summed E-state index contributed by atoms with van der Waals surface area (Å²) in [5.74, 6) is 0.159. The first kappa shape index (κ1) is 9.78. The summed E-state index contributed by atoms with van der Waals surface area (Å²) in [4.78, 5) is 10.9. The van der Waals surface area contributed by atoms with E-state index >= 15 is 0 Å². The summed E-state index contributed by atoms with van der Waals surface area (Å²) in [7, 11) is 2.03. The molecule has 1 rings (SSSR count). The summed E-state index contributed by atoms with van der Waals surface area (Å²) < 4.78 is 0. The Morgan fingerprint density at radius 2 is 2.23 bits per heavy atom. The van der Waals surface area contributed by atoms with Crippen molar-refractivity contribution in [1.29, 1.82) is 0 Å². The minimum Gasteiger partial charge on any atom is -0.300 e. The topological polar surface area (TPSA) is 17.1 Å². The molecule has 0 bridgehead atoms. The first-order chi connectivity index (χ1) is 6.09. The van der Waals surface area contributed by atoms with Crippen molar-refractivity contribution >= 4 is 24.7 Å². The molecule has 0 aliphatic rings. The summed E-state index contributed by atoms with van der Waals surface area (Å²) in [5, 5.41) is 0. The normalized spacial score (nSPS) is 9.62. The van der Waals surface area contributed by atoms with Crippen molar-refractivity contribution in [3.63, 3.8) is 0 Å². The molecule has 0 saturated heterocycles. The third-order valence-electron chi connectivity index (χ3n) is 1.89. The molecule has 0 heterocycles. The van der Waals surface area contributed by atoms with Crippen molar-refractivity contribution < 1.29 is 4.79 Å². The highest BCUT2D eigenvalue weighted by molar-refractivity contribution is 6.32. The third-order valence-corrected chi connectivity index (χ3v) is 1.89. The lowest BCUT2D eigenvalue weighted by Crippen LogP contribution is -2.02. The first-order valence-electron chi connectivity index (χ1n) is 4.34. The predicted octanol–water partition coefficient (Wildman–Crippen LogP) is 0.937. The Labute approximate surface area is 79.9 Å². The molecule has 0 aliphatic heterocycles. The van der Waals surface area contributed by atoms with E-state index in [0.29, 0.717) is 6.42 Å². The zero-order valence-electron chi connectivity index (χ0n) is 8.13. The third kappa shape index (κ3) is 2.90. The van der Waals surface area contributed by atoms with Crippen LogP contribution in [0.2, 0.25) is 0 Å². The number of rotatable bonds is 3. The van der Waals surface area contributed by atoms with E-state index in [9.17, 15) is 4.79 Å². The molecule has 0 unspecified atom stereocenters. The van der Waals surface area contributed by atoms with Gasteiger partial charge in [0.2, 0.25) is 0 Å². The second-order valence-corrected chi connectivity index (χ2v) is 3.35. The summed E-state index contributed by atoms with van der Waals surface area (Å²) in [6.07, 6.45) is 0.448. The van der Waals surface area contributed by atoms with Gasteiger partial charge in [-0.05, 0) is 18.1 Å². The van der Waals surface area contributed by atoms with Crippen LogP contribution in [0.25, 0.3) is 5.57 Å². The van der Waals surface area contributed by atoms with Crippen LogP contribution in [0.4, 0.5) is 0 Å². The first-order valence-corrected chi connectivity index (χ1v) is 4.34. The van der Waals surface area contributed by atoms with E-state index < -0.39 is 0 Å². The number of Topliss-reactive ketones (excluding diaryl/α,β-unsaturated/α-hetero) is 1. The molecule has 2 heteroatoms. The summed E-state index contributed by atoms with van der Waals surface area (Å²) in [5.41, 5.74) is 3.16. The van der Waals surface area contributed by atoms with Gasteiger partial charge in [-0.2, -0.15) is 0 Å². The second kappa shape index (κ2) is 4.08. The van der Waals surface area contributed by atoms with Crippen LogP contribution in [0.5, 0.6) is 0 Å². The number of ketones is 1. The number of allylic oxidation sites excluding steroid dienone is 1. The molecular formula is C11H13BO. The van der Waals surface area contributed by atoms with Crippen molar-refractivity contribution in [3.05, 3.63) is 36.4 Å². The fourth-order valence-electron chi connectivity index (χ4n) is 1.27. The van der Waals surface area contributed by atoms with Gasteiger partial charge in [0.05, 0.1) is 0 Å². The molecule has 0 aromatic heterocycles. The standard InChI is InChI=1S/C11H13BO/c1-8(6-9(2)13)10-4-3-5-11(12)7-10/h3-5,7H,1,6,12H2,2H3. The van der Waals surface area contributed by atoms with Crippen LogP contribution in [-0.4, -0.2) is 13.6 Å². The van der Waals surface area contributed by atoms with E-state index in [-0.39, 0.29) is 5.78 Å². The quantitative estimate of drug-likeness (QED) is 0.620. The smallest absolute Gasteiger partial charge is 0.139 e. The van der Waals surface area contributed by atoms with Crippen LogP contribution in [0.15, 0.2) is 30.8 Å². The molecule has 0 saturated carbocycles. The van der Waals surface area contributed by atoms with Gasteiger partial charge in [-0.15, -0.1) is 0 Å². The van der Waals surface area contributed by atoms with Gasteiger partial charge in [-0.3, -0.25) is 4.79 Å². The highest BCUT2D eigenvalue weighted by Gasteiger charge is 2.01. The number of hydrogen-bond acceptors (Lipinski definition) is 1. The zero-order chi connectivity index (χ0) is 9.84. The van der Waals surface area contributed by atoms with Crippen molar-refractivity contribution in [2.75, 3.05) is 0 Å². The van der Waals surface area contributed by atoms with E-state index in [1.165, 1.54) is 5.46 Å². The molecule has 0 radical (unpaired) electrons. The second-order valence-electron chi connectivity index (χ2n) is 3.35. The van der Waals surface area contributed by atoms with Crippen LogP contribution in [-0.2, 0) is 4.79 Å². The maximum absolute atomic E-state index is 10.9. The Morgan fingerprint density at radius 3 is 2.77 bits per heavy atom. The Morgan fingerprint density at radius 1 is 1.54 bits per heavy atom. The van der Waals surface area contributed by atoms with E-state index in [1.807, 2.05) is 32.1 Å². The monoisotopic (exact) mass is 172 g/mol. The summed E-state index contributed by atoms with van der Waals surface area (Å²) in [6.45, 7) is 5.47. The minimum atomic E-state index is 0.159. The molecular weight excluding hydrogens is 159 g/mol. The number of benzene rings is 1. The van der Waals surface area contributed by atoms with Crippen LogP contribution in [0.3, 0.4) is 0 Å². The Bertz CT molecular complexity index is 342. The average Bonchev–Trinajstić information content (AvgIpc) is 2.03. The number of carbonyl (C=O) groups is 1. The van der Waals surface area contributed by atoms with E-state index in [1.54, 1.807) is 6.92 Å². The molecule has 0 amide bonds. The molecule has 1 nitrogen and oxygen atoms in total. The highest BCUT2D eigenvalue weighted by Crippen LogP contribution is 2.14. The lowest BCUT2D eigenvalue weighted by molar-refractivity contribution is -0.116. The maximum Gasteiger partial charge on any atom is 0.139 e. The van der Waals surface area contributed by atoms with Crippen molar-refractivity contribution in [2.45, 2.75) is 13.3 Å². The Balaban J connectivity index is 2.83. The molecule has 1 aromatic carbocycles. The summed E-state index contributed by atoms with van der Waals surface area (Å²) in [6, 6.07) is 8.05. The van der Waals surface area contributed by atoms with Gasteiger partial charge in [0.25, 0.3) is 0 Å². The van der Waals surface area contributed by atoms with Crippen molar-refractivity contribution in [1.82, 2.24) is 0 Å². The van der Waals surface area contributed by atoms with Gasteiger partial charge in [-0.1, -0.05) is 36.3 Å². The van der Waals surface area contributed by atoms with E-state index in [2.05, 4.69) is 6.58 Å². The largest absolute Gasteiger partial charge is 0.300 e. The Kier molecular flexibility index (Phi) is 3.07.